The summed E-state index contributed by atoms with van der Waals surface area (Å²) in [6, 6.07) is 9.70. The van der Waals surface area contributed by atoms with E-state index >= 15 is 0 Å². The largest absolute Gasteiger partial charge is 0.493 e. The lowest BCUT2D eigenvalue weighted by Gasteiger charge is -2.13. The topological polar surface area (TPSA) is 84.9 Å². The number of carbonyl (C=O) groups is 2. The number of carboxylic acids is 1. The predicted octanol–water partition coefficient (Wildman–Crippen LogP) is 3.26. The summed E-state index contributed by atoms with van der Waals surface area (Å²) in [4.78, 5) is 23.7. The van der Waals surface area contributed by atoms with Crippen LogP contribution in [-0.2, 0) is 0 Å². The van der Waals surface area contributed by atoms with Gasteiger partial charge in [-0.2, -0.15) is 0 Å². The minimum Gasteiger partial charge on any atom is -0.493 e. The SMILES string of the molecule is COc1cc(NC(=O)c2cccc(I)c2)c(C(=O)O)cc1OC. The van der Waals surface area contributed by atoms with E-state index in [1.807, 2.05) is 6.07 Å². The molecule has 0 aliphatic rings. The molecular weight excluding hydrogens is 413 g/mol. The maximum Gasteiger partial charge on any atom is 0.337 e. The molecule has 2 N–H and O–H groups in total. The van der Waals surface area contributed by atoms with Gasteiger partial charge in [-0.05, 0) is 40.8 Å². The second-order valence-electron chi connectivity index (χ2n) is 4.52. The Morgan fingerprint density at radius 2 is 1.74 bits per heavy atom. The van der Waals surface area contributed by atoms with Crippen LogP contribution in [0.25, 0.3) is 0 Å². The summed E-state index contributed by atoms with van der Waals surface area (Å²) in [5, 5.41) is 11.9. The molecule has 2 rings (SSSR count). The Morgan fingerprint density at radius 1 is 1.09 bits per heavy atom. The first-order valence-corrected chi connectivity index (χ1v) is 7.60. The number of anilines is 1. The number of hydrogen-bond donors (Lipinski definition) is 2. The lowest BCUT2D eigenvalue weighted by atomic mass is 10.1. The Balaban J connectivity index is 2.41. The first-order chi connectivity index (χ1) is 11.0. The highest BCUT2D eigenvalue weighted by Crippen LogP contribution is 2.33. The van der Waals surface area contributed by atoms with Gasteiger partial charge < -0.3 is 19.9 Å². The van der Waals surface area contributed by atoms with Crippen molar-refractivity contribution >= 4 is 40.2 Å². The summed E-state index contributed by atoms with van der Waals surface area (Å²) in [5.74, 6) is -0.977. The zero-order valence-corrected chi connectivity index (χ0v) is 14.6. The predicted molar refractivity (Wildman–Crippen MR) is 93.6 cm³/mol. The van der Waals surface area contributed by atoms with Crippen LogP contribution in [0.2, 0.25) is 0 Å². The Hall–Kier alpha value is -2.29. The average Bonchev–Trinajstić information content (AvgIpc) is 2.54. The molecule has 2 aromatic rings. The van der Waals surface area contributed by atoms with Crippen LogP contribution in [0.4, 0.5) is 5.69 Å². The summed E-state index contributed by atoms with van der Waals surface area (Å²) in [5.41, 5.74) is 0.490. The maximum absolute atomic E-state index is 12.3. The van der Waals surface area contributed by atoms with Crippen LogP contribution < -0.4 is 14.8 Å². The van der Waals surface area contributed by atoms with Crippen molar-refractivity contribution in [2.24, 2.45) is 0 Å². The average molecular weight is 427 g/mol. The number of amides is 1. The quantitative estimate of drug-likeness (QED) is 0.716. The smallest absolute Gasteiger partial charge is 0.337 e. The van der Waals surface area contributed by atoms with Crippen molar-refractivity contribution < 1.29 is 24.2 Å². The third kappa shape index (κ3) is 3.92. The number of carbonyl (C=O) groups excluding carboxylic acids is 1. The fraction of sp³-hybridized carbons (Fsp3) is 0.125. The number of nitrogens with one attached hydrogen (secondary N) is 1. The van der Waals surface area contributed by atoms with Crippen LogP contribution in [0.5, 0.6) is 11.5 Å². The molecule has 0 saturated carbocycles. The Labute approximate surface area is 146 Å². The molecule has 6 nitrogen and oxygen atoms in total. The Bertz CT molecular complexity index is 760. The highest BCUT2D eigenvalue weighted by molar-refractivity contribution is 14.1. The van der Waals surface area contributed by atoms with Gasteiger partial charge in [0.05, 0.1) is 25.5 Å². The zero-order chi connectivity index (χ0) is 17.0. The molecule has 7 heteroatoms. The molecule has 23 heavy (non-hydrogen) atoms. The normalized spacial score (nSPS) is 10.0. The third-order valence-electron chi connectivity index (χ3n) is 3.09. The molecule has 0 aliphatic heterocycles. The standard InChI is InChI=1S/C16H14INO5/c1-22-13-7-11(16(20)21)12(8-14(13)23-2)18-15(19)9-4-3-5-10(17)6-9/h3-8H,1-2H3,(H,18,19)(H,20,21). The minimum atomic E-state index is -1.18. The molecule has 0 fully saturated rings. The van der Waals surface area contributed by atoms with Crippen molar-refractivity contribution in [3.8, 4) is 11.5 Å². The highest BCUT2D eigenvalue weighted by atomic mass is 127. The van der Waals surface area contributed by atoms with Crippen molar-refractivity contribution in [2.45, 2.75) is 0 Å². The van der Waals surface area contributed by atoms with E-state index < -0.39 is 11.9 Å². The third-order valence-corrected chi connectivity index (χ3v) is 3.76. The van der Waals surface area contributed by atoms with E-state index in [2.05, 4.69) is 27.9 Å². The number of methoxy groups -OCH3 is 2. The van der Waals surface area contributed by atoms with Crippen molar-refractivity contribution in [3.63, 3.8) is 0 Å². The van der Waals surface area contributed by atoms with Crippen molar-refractivity contribution in [2.75, 3.05) is 19.5 Å². The molecule has 0 atom stereocenters. The summed E-state index contributed by atoms with van der Waals surface area (Å²) in [6.45, 7) is 0. The van der Waals surface area contributed by atoms with Crippen molar-refractivity contribution in [1.29, 1.82) is 0 Å². The molecule has 1 amide bonds. The lowest BCUT2D eigenvalue weighted by molar-refractivity contribution is 0.0697. The summed E-state index contributed by atoms with van der Waals surface area (Å²) >= 11 is 2.10. The van der Waals surface area contributed by atoms with Crippen LogP contribution in [-0.4, -0.2) is 31.2 Å². The number of hydrogen-bond acceptors (Lipinski definition) is 4. The minimum absolute atomic E-state index is 0.0818. The van der Waals surface area contributed by atoms with E-state index in [1.165, 1.54) is 26.4 Å². The van der Waals surface area contributed by atoms with Gasteiger partial charge in [0.2, 0.25) is 0 Å². The van der Waals surface area contributed by atoms with Gasteiger partial charge in [-0.1, -0.05) is 6.07 Å². The molecule has 0 heterocycles. The first-order valence-electron chi connectivity index (χ1n) is 6.52. The van der Waals surface area contributed by atoms with Gasteiger partial charge in [0.1, 0.15) is 0 Å². The van der Waals surface area contributed by atoms with Gasteiger partial charge in [0.25, 0.3) is 5.91 Å². The number of ether oxygens (including phenoxy) is 2. The second kappa shape index (κ2) is 7.32. The molecule has 0 bridgehead atoms. The molecule has 0 saturated heterocycles. The Morgan fingerprint density at radius 3 is 2.30 bits per heavy atom. The number of halogens is 1. The maximum atomic E-state index is 12.3. The van der Waals surface area contributed by atoms with E-state index in [-0.39, 0.29) is 17.0 Å². The molecule has 0 spiro atoms. The van der Waals surface area contributed by atoms with Gasteiger partial charge in [-0.3, -0.25) is 4.79 Å². The van der Waals surface area contributed by atoms with Gasteiger partial charge in [0.15, 0.2) is 11.5 Å². The van der Waals surface area contributed by atoms with Gasteiger partial charge in [-0.15, -0.1) is 0 Å². The van der Waals surface area contributed by atoms with E-state index in [0.717, 1.165) is 3.57 Å². The highest BCUT2D eigenvalue weighted by Gasteiger charge is 2.18. The fourth-order valence-corrected chi connectivity index (χ4v) is 2.53. The molecule has 120 valence electrons. The van der Waals surface area contributed by atoms with Crippen LogP contribution in [0.15, 0.2) is 36.4 Å². The summed E-state index contributed by atoms with van der Waals surface area (Å²) in [7, 11) is 2.84. The zero-order valence-electron chi connectivity index (χ0n) is 12.4. The van der Waals surface area contributed by atoms with Crippen LogP contribution in [0, 0.1) is 3.57 Å². The molecule has 0 radical (unpaired) electrons. The van der Waals surface area contributed by atoms with Crippen molar-refractivity contribution in [3.05, 3.63) is 51.1 Å². The molecule has 0 aliphatic carbocycles. The van der Waals surface area contributed by atoms with Gasteiger partial charge >= 0.3 is 5.97 Å². The second-order valence-corrected chi connectivity index (χ2v) is 5.77. The molecule has 0 aromatic heterocycles. The summed E-state index contributed by atoms with van der Waals surface area (Å²) < 4.78 is 11.1. The van der Waals surface area contributed by atoms with Crippen LogP contribution in [0.1, 0.15) is 20.7 Å². The van der Waals surface area contributed by atoms with E-state index in [9.17, 15) is 14.7 Å². The number of aromatic carboxylic acids is 1. The van der Waals surface area contributed by atoms with Crippen LogP contribution in [0.3, 0.4) is 0 Å². The number of benzene rings is 2. The van der Waals surface area contributed by atoms with E-state index in [1.54, 1.807) is 18.2 Å². The van der Waals surface area contributed by atoms with E-state index in [4.69, 9.17) is 9.47 Å². The fourth-order valence-electron chi connectivity index (χ4n) is 1.98. The molecular formula is C16H14INO5. The summed E-state index contributed by atoms with van der Waals surface area (Å²) in [6.07, 6.45) is 0. The first kappa shape index (κ1) is 17.1. The molecule has 0 unspecified atom stereocenters. The molecule has 2 aromatic carbocycles. The van der Waals surface area contributed by atoms with Gasteiger partial charge in [0, 0.05) is 21.3 Å². The number of carboxylic acid groups (broad SMARTS) is 1. The lowest BCUT2D eigenvalue weighted by Crippen LogP contribution is -2.15. The van der Waals surface area contributed by atoms with Crippen LogP contribution >= 0.6 is 22.6 Å². The van der Waals surface area contributed by atoms with Gasteiger partial charge in [-0.25, -0.2) is 4.79 Å². The monoisotopic (exact) mass is 427 g/mol. The van der Waals surface area contributed by atoms with E-state index in [0.29, 0.717) is 11.3 Å². The number of rotatable bonds is 5. The Kier molecular flexibility index (Phi) is 5.43. The van der Waals surface area contributed by atoms with Crippen molar-refractivity contribution in [1.82, 2.24) is 0 Å².